The summed E-state index contributed by atoms with van der Waals surface area (Å²) >= 11 is 0. The Morgan fingerprint density at radius 3 is 2.69 bits per heavy atom. The molecule has 0 saturated heterocycles. The van der Waals surface area contributed by atoms with E-state index < -0.39 is 12.8 Å². The summed E-state index contributed by atoms with van der Waals surface area (Å²) in [5, 5.41) is 0. The van der Waals surface area contributed by atoms with Crippen LogP contribution in [0.4, 0.5) is 13.2 Å². The highest BCUT2D eigenvalue weighted by Gasteiger charge is 2.28. The molecule has 0 N–H and O–H groups in total. The first-order valence-electron chi connectivity index (χ1n) is 3.45. The zero-order valence-corrected chi connectivity index (χ0v) is 6.80. The van der Waals surface area contributed by atoms with Gasteiger partial charge in [0, 0.05) is 11.8 Å². The van der Waals surface area contributed by atoms with Crippen molar-refractivity contribution in [2.75, 3.05) is 6.61 Å². The molecule has 0 aliphatic heterocycles. The maximum Gasteiger partial charge on any atom is 0.422 e. The second-order valence-corrected chi connectivity index (χ2v) is 2.41. The number of nitrogens with zero attached hydrogens (tertiary/aromatic N) is 2. The fraction of sp³-hybridized carbons (Fsp3) is 0.429. The Labute approximate surface area is 72.6 Å². The van der Waals surface area contributed by atoms with Gasteiger partial charge in [-0.3, -0.25) is 0 Å². The lowest BCUT2D eigenvalue weighted by atomic mass is 10.4. The molecule has 1 aromatic heterocycles. The van der Waals surface area contributed by atoms with Crippen molar-refractivity contribution in [3.05, 3.63) is 18.1 Å². The summed E-state index contributed by atoms with van der Waals surface area (Å²) in [5.74, 6) is -0.0349. The Hall–Kier alpha value is -1.33. The van der Waals surface area contributed by atoms with E-state index in [1.54, 1.807) is 6.92 Å². The van der Waals surface area contributed by atoms with Gasteiger partial charge in [-0.15, -0.1) is 0 Å². The quantitative estimate of drug-likeness (QED) is 0.715. The van der Waals surface area contributed by atoms with E-state index in [0.29, 0.717) is 5.56 Å². The molecule has 0 atom stereocenters. The molecule has 1 heterocycles. The van der Waals surface area contributed by atoms with Crippen molar-refractivity contribution in [2.45, 2.75) is 13.1 Å². The molecule has 0 spiro atoms. The molecule has 0 saturated carbocycles. The summed E-state index contributed by atoms with van der Waals surface area (Å²) in [6.45, 7) is 0.247. The van der Waals surface area contributed by atoms with E-state index in [-0.39, 0.29) is 5.88 Å². The third-order valence-electron chi connectivity index (χ3n) is 1.22. The second-order valence-electron chi connectivity index (χ2n) is 2.41. The molecule has 0 aromatic carbocycles. The zero-order chi connectivity index (χ0) is 9.90. The molecule has 0 fully saturated rings. The van der Waals surface area contributed by atoms with Crippen LogP contribution in [-0.2, 0) is 0 Å². The fourth-order valence-electron chi connectivity index (χ4n) is 0.689. The molecule has 0 aliphatic carbocycles. The molecule has 0 bridgehead atoms. The number of hydrogen-bond acceptors (Lipinski definition) is 3. The smallest absolute Gasteiger partial charge is 0.422 e. The minimum absolute atomic E-state index is 0.0349. The van der Waals surface area contributed by atoms with Crippen molar-refractivity contribution in [2.24, 2.45) is 0 Å². The second kappa shape index (κ2) is 3.59. The highest BCUT2D eigenvalue weighted by molar-refractivity contribution is 5.19. The Kier molecular flexibility index (Phi) is 2.69. The first kappa shape index (κ1) is 9.76. The van der Waals surface area contributed by atoms with Gasteiger partial charge >= 0.3 is 6.18 Å². The number of hydrogen-bond donors (Lipinski definition) is 0. The molecular formula is C7H7F3N2O. The van der Waals surface area contributed by atoms with Crippen LogP contribution in [-0.4, -0.2) is 22.8 Å². The maximum absolute atomic E-state index is 11.7. The normalized spacial score (nSPS) is 11.4. The number of halogens is 3. The van der Waals surface area contributed by atoms with Gasteiger partial charge < -0.3 is 4.74 Å². The monoisotopic (exact) mass is 192 g/mol. The summed E-state index contributed by atoms with van der Waals surface area (Å²) in [6.07, 6.45) is -1.81. The first-order chi connectivity index (χ1) is 5.99. The number of rotatable bonds is 2. The van der Waals surface area contributed by atoms with E-state index in [2.05, 4.69) is 14.7 Å². The molecule has 0 amide bonds. The van der Waals surface area contributed by atoms with Crippen LogP contribution in [0.25, 0.3) is 0 Å². The highest BCUT2D eigenvalue weighted by Crippen LogP contribution is 2.18. The Balaban J connectivity index is 2.60. The maximum atomic E-state index is 11.7. The molecule has 72 valence electrons. The van der Waals surface area contributed by atoms with E-state index >= 15 is 0 Å². The average Bonchev–Trinajstić information content (AvgIpc) is 2.01. The van der Waals surface area contributed by atoms with Crippen LogP contribution in [0.2, 0.25) is 0 Å². The highest BCUT2D eigenvalue weighted by atomic mass is 19.4. The predicted octanol–water partition coefficient (Wildman–Crippen LogP) is 1.73. The minimum atomic E-state index is -4.34. The van der Waals surface area contributed by atoms with Crippen molar-refractivity contribution in [1.29, 1.82) is 0 Å². The van der Waals surface area contributed by atoms with Crippen molar-refractivity contribution in [3.63, 3.8) is 0 Å². The lowest BCUT2D eigenvalue weighted by Gasteiger charge is -2.08. The topological polar surface area (TPSA) is 35.0 Å². The van der Waals surface area contributed by atoms with Crippen LogP contribution in [0.3, 0.4) is 0 Å². The molecule has 6 heteroatoms. The molecule has 13 heavy (non-hydrogen) atoms. The minimum Gasteiger partial charge on any atom is -0.468 e. The van der Waals surface area contributed by atoms with Gasteiger partial charge in [0.25, 0.3) is 0 Å². The Bertz CT molecular complexity index is 287. The van der Waals surface area contributed by atoms with Gasteiger partial charge in [0.1, 0.15) is 6.33 Å². The average molecular weight is 192 g/mol. The van der Waals surface area contributed by atoms with Gasteiger partial charge in [-0.05, 0) is 6.92 Å². The molecule has 0 unspecified atom stereocenters. The predicted molar refractivity (Wildman–Crippen MR) is 38.3 cm³/mol. The van der Waals surface area contributed by atoms with Crippen molar-refractivity contribution in [1.82, 2.24) is 9.97 Å². The Morgan fingerprint density at radius 2 is 2.15 bits per heavy atom. The number of aryl methyl sites for hydroxylation is 1. The lowest BCUT2D eigenvalue weighted by Crippen LogP contribution is -2.20. The summed E-state index contributed by atoms with van der Waals surface area (Å²) in [4.78, 5) is 7.16. The fourth-order valence-corrected chi connectivity index (χ4v) is 0.689. The van der Waals surface area contributed by atoms with Gasteiger partial charge in [0.15, 0.2) is 6.61 Å². The van der Waals surface area contributed by atoms with Crippen LogP contribution in [0.1, 0.15) is 5.56 Å². The molecular weight excluding hydrogens is 185 g/mol. The van der Waals surface area contributed by atoms with E-state index in [4.69, 9.17) is 0 Å². The van der Waals surface area contributed by atoms with Crippen LogP contribution in [0, 0.1) is 6.92 Å². The van der Waals surface area contributed by atoms with Crippen LogP contribution >= 0.6 is 0 Å². The van der Waals surface area contributed by atoms with Gasteiger partial charge in [0.05, 0.1) is 0 Å². The molecule has 3 nitrogen and oxygen atoms in total. The number of alkyl halides is 3. The third kappa shape index (κ3) is 3.27. The summed E-state index contributed by atoms with van der Waals surface area (Å²) in [5.41, 5.74) is 0.478. The van der Waals surface area contributed by atoms with Crippen LogP contribution in [0.5, 0.6) is 5.88 Å². The van der Waals surface area contributed by atoms with Gasteiger partial charge in [0.2, 0.25) is 5.88 Å². The van der Waals surface area contributed by atoms with Crippen molar-refractivity contribution < 1.29 is 17.9 Å². The summed E-state index contributed by atoms with van der Waals surface area (Å²) < 4.78 is 39.5. The summed E-state index contributed by atoms with van der Waals surface area (Å²) in [7, 11) is 0. The molecule has 0 radical (unpaired) electrons. The van der Waals surface area contributed by atoms with Crippen molar-refractivity contribution >= 4 is 0 Å². The SMILES string of the molecule is Cc1cncnc1OCC(F)(F)F. The van der Waals surface area contributed by atoms with E-state index in [1.807, 2.05) is 0 Å². The third-order valence-corrected chi connectivity index (χ3v) is 1.22. The molecule has 1 aromatic rings. The van der Waals surface area contributed by atoms with E-state index in [0.717, 1.165) is 6.33 Å². The van der Waals surface area contributed by atoms with Crippen LogP contribution in [0.15, 0.2) is 12.5 Å². The lowest BCUT2D eigenvalue weighted by molar-refractivity contribution is -0.154. The molecule has 0 aliphatic rings. The number of ether oxygens (including phenoxy) is 1. The molecule has 1 rings (SSSR count). The van der Waals surface area contributed by atoms with Crippen molar-refractivity contribution in [3.8, 4) is 5.88 Å². The largest absolute Gasteiger partial charge is 0.468 e. The summed E-state index contributed by atoms with van der Waals surface area (Å²) in [6, 6.07) is 0. The standard InChI is InChI=1S/C7H7F3N2O/c1-5-2-11-4-12-6(5)13-3-7(8,9)10/h2,4H,3H2,1H3. The zero-order valence-electron chi connectivity index (χ0n) is 6.80. The van der Waals surface area contributed by atoms with E-state index in [1.165, 1.54) is 6.20 Å². The van der Waals surface area contributed by atoms with Gasteiger partial charge in [-0.1, -0.05) is 0 Å². The first-order valence-corrected chi connectivity index (χ1v) is 3.45. The number of aromatic nitrogens is 2. The van der Waals surface area contributed by atoms with Gasteiger partial charge in [-0.2, -0.15) is 13.2 Å². The van der Waals surface area contributed by atoms with E-state index in [9.17, 15) is 13.2 Å². The van der Waals surface area contributed by atoms with Crippen LogP contribution < -0.4 is 4.74 Å². The van der Waals surface area contributed by atoms with Gasteiger partial charge in [-0.25, -0.2) is 9.97 Å². The Morgan fingerprint density at radius 1 is 1.46 bits per heavy atom.